The smallest absolute Gasteiger partial charge is 0.255 e. The highest BCUT2D eigenvalue weighted by molar-refractivity contribution is 6.05. The predicted octanol–water partition coefficient (Wildman–Crippen LogP) is 1.61. The van der Waals surface area contributed by atoms with Gasteiger partial charge in [0.2, 0.25) is 17.7 Å². The van der Waals surface area contributed by atoms with Crippen molar-refractivity contribution in [3.8, 4) is 5.88 Å². The number of hydrogen-bond acceptors (Lipinski definition) is 7. The molecular formula is C25H26F2N4O5. The molecule has 3 aliphatic heterocycles. The van der Waals surface area contributed by atoms with Crippen LogP contribution in [0.3, 0.4) is 0 Å². The van der Waals surface area contributed by atoms with Gasteiger partial charge in [0.1, 0.15) is 17.7 Å². The quantitative estimate of drug-likeness (QED) is 0.600. The van der Waals surface area contributed by atoms with Crippen LogP contribution in [0.2, 0.25) is 0 Å². The van der Waals surface area contributed by atoms with E-state index in [1.807, 2.05) is 17.0 Å². The molecule has 9 nitrogen and oxygen atoms in total. The van der Waals surface area contributed by atoms with Crippen LogP contribution in [0.1, 0.15) is 52.9 Å². The third kappa shape index (κ3) is 4.22. The van der Waals surface area contributed by atoms with Crippen LogP contribution in [0.15, 0.2) is 24.3 Å². The number of piperidine rings is 2. The monoisotopic (exact) mass is 500 g/mol. The molecule has 1 aromatic heterocycles. The standard InChI is InChI=1S/C25H26F2N4O5/c1-36-20-4-2-3-14(28-20)12-30-9-7-25(35,8-10-30)21-17(26)11-15-16(22(21)27)13-31(24(15)34)18-5-6-19(32)29-23(18)33/h2-4,11,18,35H,5-10,12-13H2,1H3,(H,29,32,33). The van der Waals surface area contributed by atoms with Gasteiger partial charge in [0.25, 0.3) is 5.91 Å². The number of benzene rings is 1. The number of aromatic nitrogens is 1. The lowest BCUT2D eigenvalue weighted by Crippen LogP contribution is -2.52. The first-order valence-electron chi connectivity index (χ1n) is 11.8. The van der Waals surface area contributed by atoms with Gasteiger partial charge in [-0.25, -0.2) is 13.8 Å². The van der Waals surface area contributed by atoms with Crippen LogP contribution in [-0.2, 0) is 28.3 Å². The van der Waals surface area contributed by atoms with Crippen LogP contribution in [0, 0.1) is 11.6 Å². The summed E-state index contributed by atoms with van der Waals surface area (Å²) < 4.78 is 36.0. The summed E-state index contributed by atoms with van der Waals surface area (Å²) in [6.45, 7) is 1.03. The normalized spacial score (nSPS) is 21.9. The third-order valence-electron chi connectivity index (χ3n) is 7.25. The van der Waals surface area contributed by atoms with Crippen molar-refractivity contribution in [3.63, 3.8) is 0 Å². The first-order valence-corrected chi connectivity index (χ1v) is 11.8. The summed E-state index contributed by atoms with van der Waals surface area (Å²) in [5, 5.41) is 13.5. The lowest BCUT2D eigenvalue weighted by molar-refractivity contribution is -0.136. The van der Waals surface area contributed by atoms with Crippen LogP contribution in [0.25, 0.3) is 0 Å². The van der Waals surface area contributed by atoms with E-state index in [2.05, 4.69) is 10.3 Å². The topological polar surface area (TPSA) is 112 Å². The van der Waals surface area contributed by atoms with E-state index >= 15 is 8.78 Å². The molecule has 0 bridgehead atoms. The number of methoxy groups -OCH3 is 1. The first-order chi connectivity index (χ1) is 17.2. The molecule has 0 saturated carbocycles. The maximum Gasteiger partial charge on any atom is 0.255 e. The Labute approximate surface area is 206 Å². The van der Waals surface area contributed by atoms with Gasteiger partial charge in [-0.2, -0.15) is 0 Å². The highest BCUT2D eigenvalue weighted by atomic mass is 19.1. The highest BCUT2D eigenvalue weighted by Gasteiger charge is 2.45. The number of nitrogens with one attached hydrogen (secondary N) is 1. The molecule has 0 radical (unpaired) electrons. The molecule has 5 rings (SSSR count). The van der Waals surface area contributed by atoms with Crippen molar-refractivity contribution in [2.24, 2.45) is 0 Å². The average molecular weight is 501 g/mol. The largest absolute Gasteiger partial charge is 0.481 e. The number of rotatable bonds is 5. The molecule has 2 fully saturated rings. The molecule has 3 aliphatic rings. The van der Waals surface area contributed by atoms with Crippen LogP contribution in [-0.4, -0.2) is 63.9 Å². The highest BCUT2D eigenvalue weighted by Crippen LogP contribution is 2.40. The van der Waals surface area contributed by atoms with Gasteiger partial charge < -0.3 is 14.7 Å². The SMILES string of the molecule is COc1cccc(CN2CCC(O)(c3c(F)cc4c(c3F)CN(C3CCC(=O)NC3=O)C4=O)CC2)n1. The summed E-state index contributed by atoms with van der Waals surface area (Å²) in [5.74, 6) is -3.20. The number of imide groups is 1. The molecule has 190 valence electrons. The molecule has 11 heteroatoms. The fraction of sp³-hybridized carbons (Fsp3) is 0.440. The van der Waals surface area contributed by atoms with E-state index in [9.17, 15) is 19.5 Å². The molecule has 2 N–H and O–H groups in total. The molecule has 0 aliphatic carbocycles. The van der Waals surface area contributed by atoms with E-state index in [0.29, 0.717) is 25.5 Å². The molecular weight excluding hydrogens is 474 g/mol. The Hall–Kier alpha value is -3.44. The van der Waals surface area contributed by atoms with Crippen molar-refractivity contribution in [1.82, 2.24) is 20.1 Å². The number of nitrogens with zero attached hydrogens (tertiary/aromatic N) is 3. The van der Waals surface area contributed by atoms with Gasteiger partial charge in [0.15, 0.2) is 0 Å². The molecule has 1 aromatic carbocycles. The number of halogens is 2. The molecule has 2 aromatic rings. The average Bonchev–Trinajstić information content (AvgIpc) is 3.17. The zero-order chi connectivity index (χ0) is 25.6. The Morgan fingerprint density at radius 2 is 1.97 bits per heavy atom. The Kier molecular flexibility index (Phi) is 6.21. The van der Waals surface area contributed by atoms with E-state index in [0.717, 1.165) is 16.7 Å². The molecule has 3 amide bonds. The van der Waals surface area contributed by atoms with Crippen molar-refractivity contribution in [1.29, 1.82) is 0 Å². The maximum atomic E-state index is 15.7. The Morgan fingerprint density at radius 3 is 2.67 bits per heavy atom. The fourth-order valence-corrected chi connectivity index (χ4v) is 5.28. The van der Waals surface area contributed by atoms with E-state index in [1.165, 1.54) is 7.11 Å². The number of hydrogen-bond donors (Lipinski definition) is 2. The van der Waals surface area contributed by atoms with Crippen molar-refractivity contribution in [2.45, 2.75) is 50.4 Å². The summed E-state index contributed by atoms with van der Waals surface area (Å²) in [6, 6.07) is 5.44. The van der Waals surface area contributed by atoms with Crippen molar-refractivity contribution in [3.05, 3.63) is 58.3 Å². The summed E-state index contributed by atoms with van der Waals surface area (Å²) in [6.07, 6.45) is 0.353. The van der Waals surface area contributed by atoms with Crippen molar-refractivity contribution in [2.75, 3.05) is 20.2 Å². The minimum absolute atomic E-state index is 0.0439. The summed E-state index contributed by atoms with van der Waals surface area (Å²) in [7, 11) is 1.53. The number of carbonyl (C=O) groups is 3. The number of fused-ring (bicyclic) bond motifs is 1. The van der Waals surface area contributed by atoms with Crippen LogP contribution < -0.4 is 10.1 Å². The van der Waals surface area contributed by atoms with E-state index in [-0.39, 0.29) is 43.4 Å². The molecule has 1 unspecified atom stereocenters. The van der Waals surface area contributed by atoms with Gasteiger partial charge in [0.05, 0.1) is 36.1 Å². The second-order valence-electron chi connectivity index (χ2n) is 9.45. The summed E-state index contributed by atoms with van der Waals surface area (Å²) in [5.41, 5.74) is -1.62. The molecule has 36 heavy (non-hydrogen) atoms. The Balaban J connectivity index is 1.34. The molecule has 4 heterocycles. The van der Waals surface area contributed by atoms with Gasteiger partial charge in [-0.05, 0) is 31.4 Å². The zero-order valence-corrected chi connectivity index (χ0v) is 19.7. The van der Waals surface area contributed by atoms with Crippen LogP contribution in [0.4, 0.5) is 8.78 Å². The summed E-state index contributed by atoms with van der Waals surface area (Å²) >= 11 is 0. The fourth-order valence-electron chi connectivity index (χ4n) is 5.28. The van der Waals surface area contributed by atoms with Gasteiger partial charge in [-0.1, -0.05) is 6.07 Å². The van der Waals surface area contributed by atoms with Gasteiger partial charge >= 0.3 is 0 Å². The minimum Gasteiger partial charge on any atom is -0.481 e. The maximum absolute atomic E-state index is 15.7. The van der Waals surface area contributed by atoms with Gasteiger partial charge in [-0.3, -0.25) is 24.6 Å². The number of likely N-dealkylation sites (tertiary alicyclic amines) is 1. The van der Waals surface area contributed by atoms with Gasteiger partial charge in [0, 0.05) is 37.7 Å². The third-order valence-corrected chi connectivity index (χ3v) is 7.25. The summed E-state index contributed by atoms with van der Waals surface area (Å²) in [4.78, 5) is 44.2. The van der Waals surface area contributed by atoms with Crippen molar-refractivity contribution < 1.29 is 33.0 Å². The van der Waals surface area contributed by atoms with Gasteiger partial charge in [-0.15, -0.1) is 0 Å². The van der Waals surface area contributed by atoms with E-state index < -0.39 is 46.6 Å². The second kappa shape index (κ2) is 9.21. The van der Waals surface area contributed by atoms with Crippen LogP contribution >= 0.6 is 0 Å². The lowest BCUT2D eigenvalue weighted by atomic mass is 9.82. The minimum atomic E-state index is -1.74. The predicted molar refractivity (Wildman–Crippen MR) is 122 cm³/mol. The van der Waals surface area contributed by atoms with E-state index in [1.54, 1.807) is 6.07 Å². The molecule has 0 spiro atoms. The second-order valence-corrected chi connectivity index (χ2v) is 9.45. The van der Waals surface area contributed by atoms with E-state index in [4.69, 9.17) is 4.74 Å². The van der Waals surface area contributed by atoms with Crippen molar-refractivity contribution >= 4 is 17.7 Å². The Bertz CT molecular complexity index is 1250. The number of aliphatic hydroxyl groups is 1. The van der Waals surface area contributed by atoms with Crippen LogP contribution in [0.5, 0.6) is 5.88 Å². The zero-order valence-electron chi connectivity index (χ0n) is 19.7. The number of pyridine rings is 1. The molecule has 2 saturated heterocycles. The molecule has 1 atom stereocenters. The first kappa shape index (κ1) is 24.3. The number of amides is 3. The number of carbonyl (C=O) groups excluding carboxylic acids is 3. The Morgan fingerprint density at radius 1 is 1.22 bits per heavy atom. The number of ether oxygens (including phenoxy) is 1. The lowest BCUT2D eigenvalue weighted by Gasteiger charge is -2.38.